The minimum atomic E-state index is -1.32. The van der Waals surface area contributed by atoms with Crippen molar-refractivity contribution in [1.82, 2.24) is 10.2 Å². The molecule has 236 valence electrons. The van der Waals surface area contributed by atoms with Gasteiger partial charge in [0.05, 0.1) is 6.42 Å². The predicted octanol–water partition coefficient (Wildman–Crippen LogP) is 6.17. The normalized spacial score (nSPS) is 12.7. The van der Waals surface area contributed by atoms with Crippen LogP contribution in [0.2, 0.25) is 0 Å². The summed E-state index contributed by atoms with van der Waals surface area (Å²) >= 11 is 0. The number of hydrogen-bond donors (Lipinski definition) is 3. The molecule has 43 heavy (non-hydrogen) atoms. The summed E-state index contributed by atoms with van der Waals surface area (Å²) in [7, 11) is 0. The van der Waals surface area contributed by atoms with Crippen LogP contribution in [-0.2, 0) is 19.1 Å². The summed E-state index contributed by atoms with van der Waals surface area (Å²) in [5, 5.41) is 5.62. The van der Waals surface area contributed by atoms with Crippen LogP contribution in [0.5, 0.6) is 0 Å². The van der Waals surface area contributed by atoms with Crippen LogP contribution >= 0.6 is 0 Å². The van der Waals surface area contributed by atoms with Gasteiger partial charge in [0.2, 0.25) is 11.8 Å². The molecule has 0 bridgehead atoms. The Morgan fingerprint density at radius 3 is 2.02 bits per heavy atom. The first-order valence-electron chi connectivity index (χ1n) is 15.2. The third-order valence-electron chi connectivity index (χ3n) is 7.03. The molecule has 2 unspecified atom stereocenters. The number of nitrogens with two attached hydrogens (primary N) is 1. The summed E-state index contributed by atoms with van der Waals surface area (Å²) in [6.45, 7) is 15.2. The van der Waals surface area contributed by atoms with E-state index in [2.05, 4.69) is 17.6 Å². The molecule has 2 aromatic carbocycles. The lowest BCUT2D eigenvalue weighted by atomic mass is 9.97. The highest BCUT2D eigenvalue weighted by atomic mass is 16.6. The number of anilines is 1. The van der Waals surface area contributed by atoms with E-state index in [1.165, 1.54) is 4.90 Å². The van der Waals surface area contributed by atoms with Crippen molar-refractivity contribution in [3.8, 4) is 0 Å². The van der Waals surface area contributed by atoms with Gasteiger partial charge in [-0.2, -0.15) is 0 Å². The van der Waals surface area contributed by atoms with Gasteiger partial charge in [-0.3, -0.25) is 14.4 Å². The topological polar surface area (TPSA) is 131 Å². The number of primary amides is 1. The van der Waals surface area contributed by atoms with E-state index in [9.17, 15) is 19.2 Å². The van der Waals surface area contributed by atoms with Crippen molar-refractivity contribution >= 4 is 29.5 Å². The largest absolute Gasteiger partial charge is 0.444 e. The van der Waals surface area contributed by atoms with Crippen molar-refractivity contribution in [2.75, 3.05) is 11.9 Å². The molecule has 4 N–H and O–H groups in total. The lowest BCUT2D eigenvalue weighted by Crippen LogP contribution is -2.53. The molecule has 2 aromatic rings. The van der Waals surface area contributed by atoms with Gasteiger partial charge in [-0.15, -0.1) is 0 Å². The number of hydrogen-bond acceptors (Lipinski definition) is 5. The number of aryl methyl sites for hydroxylation is 4. The van der Waals surface area contributed by atoms with E-state index in [-0.39, 0.29) is 12.5 Å². The highest BCUT2D eigenvalue weighted by Crippen LogP contribution is 2.29. The zero-order valence-corrected chi connectivity index (χ0v) is 27.1. The highest BCUT2D eigenvalue weighted by molar-refractivity contribution is 6.00. The monoisotopic (exact) mass is 594 g/mol. The molecular formula is C34H50N4O5. The Morgan fingerprint density at radius 2 is 1.49 bits per heavy atom. The van der Waals surface area contributed by atoms with Crippen molar-refractivity contribution in [3.05, 3.63) is 64.2 Å². The third-order valence-corrected chi connectivity index (χ3v) is 7.03. The molecule has 9 nitrogen and oxygen atoms in total. The predicted molar refractivity (Wildman–Crippen MR) is 171 cm³/mol. The molecule has 0 aliphatic heterocycles. The van der Waals surface area contributed by atoms with Gasteiger partial charge in [-0.1, -0.05) is 80.1 Å². The van der Waals surface area contributed by atoms with Gasteiger partial charge in [0.25, 0.3) is 5.91 Å². The summed E-state index contributed by atoms with van der Waals surface area (Å²) in [6, 6.07) is 9.19. The van der Waals surface area contributed by atoms with Crippen LogP contribution in [0.4, 0.5) is 10.5 Å². The average Bonchev–Trinajstić information content (AvgIpc) is 2.87. The quantitative estimate of drug-likeness (QED) is 0.225. The van der Waals surface area contributed by atoms with Crippen molar-refractivity contribution in [3.63, 3.8) is 0 Å². The molecule has 0 aliphatic rings. The van der Waals surface area contributed by atoms with Gasteiger partial charge in [0.1, 0.15) is 17.7 Å². The number of para-hydroxylation sites is 1. The lowest BCUT2D eigenvalue weighted by molar-refractivity contribution is -0.142. The highest BCUT2D eigenvalue weighted by Gasteiger charge is 2.37. The van der Waals surface area contributed by atoms with Crippen molar-refractivity contribution in [2.45, 2.75) is 112 Å². The number of carbonyl (C=O) groups excluding carboxylic acids is 4. The number of amides is 4. The first kappa shape index (κ1) is 35.3. The molecule has 0 fully saturated rings. The fourth-order valence-corrected chi connectivity index (χ4v) is 5.15. The van der Waals surface area contributed by atoms with Crippen molar-refractivity contribution in [2.24, 2.45) is 5.73 Å². The Kier molecular flexibility index (Phi) is 13.2. The number of rotatable bonds is 14. The minimum absolute atomic E-state index is 0.242. The summed E-state index contributed by atoms with van der Waals surface area (Å²) in [5.41, 5.74) is 9.69. The van der Waals surface area contributed by atoms with Crippen LogP contribution in [0.15, 0.2) is 36.4 Å². The van der Waals surface area contributed by atoms with E-state index in [1.807, 2.05) is 64.1 Å². The molecule has 0 radical (unpaired) electrons. The minimum Gasteiger partial charge on any atom is -0.444 e. The average molecular weight is 595 g/mol. The number of nitrogens with zero attached hydrogens (tertiary/aromatic N) is 1. The second-order valence-corrected chi connectivity index (χ2v) is 12.4. The number of ether oxygens (including phenoxy) is 1. The molecule has 4 amide bonds. The van der Waals surface area contributed by atoms with E-state index >= 15 is 0 Å². The van der Waals surface area contributed by atoms with Gasteiger partial charge in [0.15, 0.2) is 0 Å². The number of alkyl carbamates (subject to hydrolysis) is 1. The van der Waals surface area contributed by atoms with Gasteiger partial charge < -0.3 is 26.0 Å². The number of benzene rings is 2. The van der Waals surface area contributed by atoms with Gasteiger partial charge in [-0.25, -0.2) is 4.79 Å². The van der Waals surface area contributed by atoms with Crippen LogP contribution in [-0.4, -0.2) is 46.9 Å². The Labute approximate surface area is 256 Å². The van der Waals surface area contributed by atoms with E-state index in [0.29, 0.717) is 17.7 Å². The molecule has 2 atom stereocenters. The Bertz CT molecular complexity index is 1240. The van der Waals surface area contributed by atoms with Crippen LogP contribution < -0.4 is 16.4 Å². The Morgan fingerprint density at radius 1 is 0.907 bits per heavy atom. The zero-order valence-electron chi connectivity index (χ0n) is 27.1. The van der Waals surface area contributed by atoms with Crippen LogP contribution in [0.25, 0.3) is 0 Å². The molecule has 0 heterocycles. The molecule has 0 aliphatic carbocycles. The third kappa shape index (κ3) is 11.4. The van der Waals surface area contributed by atoms with E-state index in [0.717, 1.165) is 47.9 Å². The lowest BCUT2D eigenvalue weighted by Gasteiger charge is -2.35. The Balaban J connectivity index is 2.63. The summed E-state index contributed by atoms with van der Waals surface area (Å²) in [5.74, 6) is -1.74. The summed E-state index contributed by atoms with van der Waals surface area (Å²) < 4.78 is 5.38. The molecule has 0 aromatic heterocycles. The fraction of sp³-hybridized carbons (Fsp3) is 0.529. The first-order valence-corrected chi connectivity index (χ1v) is 15.2. The molecule has 0 saturated carbocycles. The smallest absolute Gasteiger partial charge is 0.408 e. The summed E-state index contributed by atoms with van der Waals surface area (Å²) in [6.07, 6.45) is 3.32. The number of nitrogens with one attached hydrogen (secondary N) is 2. The van der Waals surface area contributed by atoms with Gasteiger partial charge in [0, 0.05) is 12.2 Å². The second-order valence-electron chi connectivity index (χ2n) is 12.4. The molecular weight excluding hydrogens is 544 g/mol. The van der Waals surface area contributed by atoms with Gasteiger partial charge in [-0.05, 0) is 71.6 Å². The molecule has 0 spiro atoms. The molecule has 9 heteroatoms. The number of carbonyl (C=O) groups is 4. The maximum atomic E-state index is 14.3. The number of unbranched alkanes of at least 4 members (excludes halogenated alkanes) is 4. The molecule has 2 rings (SSSR count). The maximum absolute atomic E-state index is 14.3. The Hall–Kier alpha value is -3.88. The van der Waals surface area contributed by atoms with Crippen molar-refractivity contribution in [1.29, 1.82) is 0 Å². The van der Waals surface area contributed by atoms with Crippen LogP contribution in [0.3, 0.4) is 0 Å². The zero-order chi connectivity index (χ0) is 32.3. The second kappa shape index (κ2) is 16.1. The molecule has 0 saturated heterocycles. The SMILES string of the molecule is CCCCCCCN(C(=O)C(CC(N)=O)NC(=O)OC(C)(C)C)C(C(=O)Nc1c(C)cccc1C)c1cc(C)cc(C)c1. The van der Waals surface area contributed by atoms with Crippen molar-refractivity contribution < 1.29 is 23.9 Å². The standard InChI is InChI=1S/C34H50N4O5/c1-9-10-11-12-13-17-38(32(41)27(21-28(35)39)36-33(42)43-34(6,7)8)30(26-19-22(2)18-23(3)20-26)31(40)37-29-24(4)15-14-16-25(29)5/h14-16,18-20,27,30H,9-13,17,21H2,1-8H3,(H2,35,39)(H,36,42)(H,37,40). The maximum Gasteiger partial charge on any atom is 0.408 e. The van der Waals surface area contributed by atoms with E-state index in [4.69, 9.17) is 10.5 Å². The van der Waals surface area contributed by atoms with E-state index in [1.54, 1.807) is 20.8 Å². The van der Waals surface area contributed by atoms with Crippen LogP contribution in [0, 0.1) is 27.7 Å². The van der Waals surface area contributed by atoms with Gasteiger partial charge >= 0.3 is 6.09 Å². The first-order chi connectivity index (χ1) is 20.1. The fourth-order valence-electron chi connectivity index (χ4n) is 5.15. The van der Waals surface area contributed by atoms with E-state index < -0.39 is 42.0 Å². The van der Waals surface area contributed by atoms with Crippen LogP contribution in [0.1, 0.15) is 100 Å². The summed E-state index contributed by atoms with van der Waals surface area (Å²) in [4.78, 5) is 54.9.